The Morgan fingerprint density at radius 3 is 2.66 bits per heavy atom. The van der Waals surface area contributed by atoms with Gasteiger partial charge in [0.15, 0.2) is 0 Å². The molecular weight excluding hydrogens is 380 g/mol. The largest absolute Gasteiger partial charge is 0.367 e. The molecule has 1 aliphatic rings. The number of fused-ring (bicyclic) bond motifs is 1. The Morgan fingerprint density at radius 1 is 1.21 bits per heavy atom. The number of carbonyl (C=O) groups is 1. The van der Waals surface area contributed by atoms with E-state index in [9.17, 15) is 13.6 Å². The number of rotatable bonds is 4. The highest BCUT2D eigenvalue weighted by molar-refractivity contribution is 5.99. The van der Waals surface area contributed by atoms with E-state index in [1.54, 1.807) is 11.5 Å². The van der Waals surface area contributed by atoms with Crippen molar-refractivity contribution in [1.82, 2.24) is 19.9 Å². The molecule has 0 spiro atoms. The minimum Gasteiger partial charge on any atom is -0.367 e. The molecule has 3 heterocycles. The Morgan fingerprint density at radius 2 is 1.97 bits per heavy atom. The highest BCUT2D eigenvalue weighted by Crippen LogP contribution is 2.31. The quantitative estimate of drug-likeness (QED) is 0.518. The molecule has 2 N–H and O–H groups in total. The summed E-state index contributed by atoms with van der Waals surface area (Å²) >= 11 is 0. The summed E-state index contributed by atoms with van der Waals surface area (Å²) < 4.78 is 29.3. The number of pyridine rings is 1. The van der Waals surface area contributed by atoms with Gasteiger partial charge in [0, 0.05) is 49.4 Å². The molecule has 0 unspecified atom stereocenters. The normalized spacial score (nSPS) is 15.1. The number of benzene rings is 1. The van der Waals surface area contributed by atoms with Crippen LogP contribution in [0.25, 0.3) is 10.9 Å². The van der Waals surface area contributed by atoms with Crippen molar-refractivity contribution in [1.29, 1.82) is 0 Å². The van der Waals surface area contributed by atoms with Crippen LogP contribution in [0.4, 0.5) is 14.5 Å². The lowest BCUT2D eigenvalue weighted by Gasteiger charge is -2.33. The van der Waals surface area contributed by atoms with E-state index < -0.39 is 17.5 Å². The van der Waals surface area contributed by atoms with Crippen LogP contribution in [0.5, 0.6) is 0 Å². The van der Waals surface area contributed by atoms with Gasteiger partial charge in [-0.25, -0.2) is 19.2 Å². The van der Waals surface area contributed by atoms with Crippen molar-refractivity contribution in [2.24, 2.45) is 0 Å². The molecule has 3 aromatic rings. The molecule has 1 saturated heterocycles. The highest BCUT2D eigenvalue weighted by Gasteiger charge is 2.21. The minimum absolute atomic E-state index is 0.0843. The molecule has 1 aliphatic heterocycles. The number of anilines is 1. The second kappa shape index (κ2) is 7.76. The van der Waals surface area contributed by atoms with Crippen LogP contribution in [0.2, 0.25) is 0 Å². The number of halogens is 2. The van der Waals surface area contributed by atoms with Gasteiger partial charge in [-0.1, -0.05) is 6.07 Å². The zero-order valence-electron chi connectivity index (χ0n) is 15.9. The fourth-order valence-electron chi connectivity index (χ4n) is 3.61. The van der Waals surface area contributed by atoms with Crippen LogP contribution in [-0.4, -0.2) is 58.8 Å². The van der Waals surface area contributed by atoms with Gasteiger partial charge in [-0.05, 0) is 19.2 Å². The number of hydrogen-bond acceptors (Lipinski definition) is 5. The van der Waals surface area contributed by atoms with E-state index in [2.05, 4.69) is 21.8 Å². The molecule has 0 atom stereocenters. The third-order valence-corrected chi connectivity index (χ3v) is 5.28. The summed E-state index contributed by atoms with van der Waals surface area (Å²) in [5.41, 5.74) is 3.66. The standard InChI is InChI=1S/C20H21F2N5O2/c1-25-4-6-26(7-5-25)19-12-27(11-13-2-3-14(21)8-16(13)22)18-10-23-17(9-15(18)19)20(28)24-29/h2-3,8-10,12,29H,4-7,11H2,1H3,(H,24,28). The molecule has 0 radical (unpaired) electrons. The summed E-state index contributed by atoms with van der Waals surface area (Å²) in [7, 11) is 2.06. The van der Waals surface area contributed by atoms with Crippen LogP contribution in [0.1, 0.15) is 16.1 Å². The van der Waals surface area contributed by atoms with E-state index >= 15 is 0 Å². The van der Waals surface area contributed by atoms with Gasteiger partial charge in [0.1, 0.15) is 17.3 Å². The zero-order chi connectivity index (χ0) is 20.5. The maximum Gasteiger partial charge on any atom is 0.293 e. The van der Waals surface area contributed by atoms with Crippen LogP contribution in [0, 0.1) is 11.6 Å². The number of amides is 1. The number of nitrogens with zero attached hydrogens (tertiary/aromatic N) is 4. The molecule has 152 valence electrons. The Kier molecular flexibility index (Phi) is 5.16. The van der Waals surface area contributed by atoms with E-state index in [-0.39, 0.29) is 12.2 Å². The second-order valence-corrected chi connectivity index (χ2v) is 7.20. The number of hydrogen-bond donors (Lipinski definition) is 2. The predicted molar refractivity (Wildman–Crippen MR) is 104 cm³/mol. The molecule has 0 bridgehead atoms. The van der Waals surface area contributed by atoms with Crippen LogP contribution in [0.15, 0.2) is 36.7 Å². The number of aromatic nitrogens is 2. The van der Waals surface area contributed by atoms with Gasteiger partial charge >= 0.3 is 0 Å². The van der Waals surface area contributed by atoms with Gasteiger partial charge in [-0.2, -0.15) is 0 Å². The average molecular weight is 401 g/mol. The molecular formula is C20H21F2N5O2. The summed E-state index contributed by atoms with van der Waals surface area (Å²) in [5.74, 6) is -1.94. The van der Waals surface area contributed by atoms with Gasteiger partial charge in [-0.3, -0.25) is 10.0 Å². The molecule has 0 aliphatic carbocycles. The van der Waals surface area contributed by atoms with E-state index in [1.807, 2.05) is 10.8 Å². The Hall–Kier alpha value is -3.04. The summed E-state index contributed by atoms with van der Waals surface area (Å²) in [6.45, 7) is 3.61. The molecule has 4 rings (SSSR count). The Balaban J connectivity index is 1.78. The first-order valence-corrected chi connectivity index (χ1v) is 9.27. The number of carbonyl (C=O) groups excluding carboxylic acids is 1. The first-order valence-electron chi connectivity index (χ1n) is 9.27. The lowest BCUT2D eigenvalue weighted by molar-refractivity contribution is 0.0701. The molecule has 9 heteroatoms. The van der Waals surface area contributed by atoms with E-state index in [1.165, 1.54) is 18.3 Å². The summed E-state index contributed by atoms with van der Waals surface area (Å²) in [6, 6.07) is 5.14. The zero-order valence-corrected chi connectivity index (χ0v) is 15.9. The van der Waals surface area contributed by atoms with Crippen molar-refractivity contribution >= 4 is 22.5 Å². The van der Waals surface area contributed by atoms with Gasteiger partial charge in [0.05, 0.1) is 23.9 Å². The SMILES string of the molecule is CN1CCN(c2cn(Cc3ccc(F)cc3F)c3cnc(C(=O)NO)cc23)CC1. The van der Waals surface area contributed by atoms with E-state index in [0.717, 1.165) is 48.8 Å². The molecule has 1 aromatic carbocycles. The Labute approximate surface area is 166 Å². The summed E-state index contributed by atoms with van der Waals surface area (Å²) in [6.07, 6.45) is 3.43. The summed E-state index contributed by atoms with van der Waals surface area (Å²) in [4.78, 5) is 20.4. The molecule has 0 saturated carbocycles. The first kappa shape index (κ1) is 19.3. The van der Waals surface area contributed by atoms with Crippen LogP contribution in [0.3, 0.4) is 0 Å². The topological polar surface area (TPSA) is 73.6 Å². The van der Waals surface area contributed by atoms with Gasteiger partial charge in [0.2, 0.25) is 0 Å². The molecule has 29 heavy (non-hydrogen) atoms. The number of hydroxylamine groups is 1. The monoisotopic (exact) mass is 401 g/mol. The van der Waals surface area contributed by atoms with E-state index in [4.69, 9.17) is 5.21 Å². The van der Waals surface area contributed by atoms with Crippen molar-refractivity contribution in [2.75, 3.05) is 38.1 Å². The van der Waals surface area contributed by atoms with Crippen molar-refractivity contribution in [3.63, 3.8) is 0 Å². The highest BCUT2D eigenvalue weighted by atomic mass is 19.1. The van der Waals surface area contributed by atoms with Crippen LogP contribution < -0.4 is 10.4 Å². The van der Waals surface area contributed by atoms with Gasteiger partial charge in [-0.15, -0.1) is 0 Å². The first-order chi connectivity index (χ1) is 14.0. The predicted octanol–water partition coefficient (Wildman–Crippen LogP) is 2.23. The van der Waals surface area contributed by atoms with Gasteiger partial charge < -0.3 is 14.4 Å². The summed E-state index contributed by atoms with van der Waals surface area (Å²) in [5, 5.41) is 9.71. The smallest absolute Gasteiger partial charge is 0.293 e. The third-order valence-electron chi connectivity index (χ3n) is 5.28. The second-order valence-electron chi connectivity index (χ2n) is 7.20. The van der Waals surface area contributed by atoms with Gasteiger partial charge in [0.25, 0.3) is 5.91 Å². The molecule has 1 fully saturated rings. The lowest BCUT2D eigenvalue weighted by Crippen LogP contribution is -2.44. The number of likely N-dealkylation sites (N-methyl/N-ethyl adjacent to an activating group) is 1. The fraction of sp³-hybridized carbons (Fsp3) is 0.300. The molecule has 2 aromatic heterocycles. The van der Waals surface area contributed by atoms with E-state index in [0.29, 0.717) is 5.56 Å². The van der Waals surface area contributed by atoms with Crippen molar-refractivity contribution in [2.45, 2.75) is 6.54 Å². The lowest BCUT2D eigenvalue weighted by atomic mass is 10.2. The maximum atomic E-state index is 14.2. The van der Waals surface area contributed by atoms with Crippen LogP contribution in [-0.2, 0) is 6.54 Å². The maximum absolute atomic E-state index is 14.2. The van der Waals surface area contributed by atoms with Crippen molar-refractivity contribution in [3.05, 3.63) is 59.6 Å². The molecule has 7 nitrogen and oxygen atoms in total. The van der Waals surface area contributed by atoms with Crippen molar-refractivity contribution in [3.8, 4) is 0 Å². The third kappa shape index (κ3) is 3.79. The van der Waals surface area contributed by atoms with Crippen molar-refractivity contribution < 1.29 is 18.8 Å². The Bertz CT molecular complexity index is 1060. The number of piperazine rings is 1. The number of nitrogens with one attached hydrogen (secondary N) is 1. The average Bonchev–Trinajstić information content (AvgIpc) is 3.07. The fourth-order valence-corrected chi connectivity index (χ4v) is 3.61. The minimum atomic E-state index is -0.700. The van der Waals surface area contributed by atoms with Crippen LogP contribution >= 0.6 is 0 Å². The molecule has 1 amide bonds.